The Kier molecular flexibility index (Phi) is 15.5. The van der Waals surface area contributed by atoms with Gasteiger partial charge in [-0.2, -0.15) is 14.9 Å². The van der Waals surface area contributed by atoms with E-state index in [4.69, 9.17) is 18.3 Å². The molecule has 2 fully saturated rings. The number of carbonyl (C=O) groups is 3. The Balaban J connectivity index is 0.000000183. The summed E-state index contributed by atoms with van der Waals surface area (Å²) in [6, 6.07) is 15.5. The third-order valence-electron chi connectivity index (χ3n) is 9.96. The zero-order valence-electron chi connectivity index (χ0n) is 37.8. The lowest BCUT2D eigenvalue weighted by Crippen LogP contribution is -2.49. The number of nitrogens with zero attached hydrogens (tertiary/aromatic N) is 10. The summed E-state index contributed by atoms with van der Waals surface area (Å²) in [4.78, 5) is 42.7. The molecule has 19 nitrogen and oxygen atoms in total. The standard InChI is InChI=1S/C23H28N6O4.C14H18N4O.C8H12N2O2/c1-16-5-6-17(13-18(16)20-25-24-15-32-20)14-27-9-11-28(12-10-27)22(31)29-8-7-19(26-29)21(30)33-23(2,3)4;1-11-2-3-12(9-18-6-4-15-5-7-18)8-13(11)14-17-16-10-19-14;1-8(2,3)12-7(11)6-4-5-9-10-6/h5-8,13,15H,9-12,14H2,1-4H3;2-3,8,10,15H,4-7,9H2,1H3;4-5H,1-3H3,(H,9,10). The maximum atomic E-state index is 12.8. The van der Waals surface area contributed by atoms with Gasteiger partial charge in [0, 0.05) is 89.0 Å². The first-order chi connectivity index (χ1) is 30.5. The van der Waals surface area contributed by atoms with E-state index >= 15 is 0 Å². The van der Waals surface area contributed by atoms with Crippen molar-refractivity contribution in [3.8, 4) is 22.9 Å². The van der Waals surface area contributed by atoms with E-state index in [9.17, 15) is 14.4 Å². The molecule has 2 aliphatic rings. The number of piperazine rings is 2. The zero-order chi connectivity index (χ0) is 45.9. The predicted octanol–water partition coefficient (Wildman–Crippen LogP) is 5.80. The van der Waals surface area contributed by atoms with Crippen LogP contribution in [0.3, 0.4) is 0 Å². The first kappa shape index (κ1) is 46.9. The monoisotopic (exact) mass is 878 g/mol. The molecule has 0 atom stereocenters. The van der Waals surface area contributed by atoms with Gasteiger partial charge in [0.25, 0.3) is 0 Å². The average Bonchev–Trinajstić information content (AvgIpc) is 4.11. The van der Waals surface area contributed by atoms with E-state index in [1.54, 1.807) is 31.7 Å². The highest BCUT2D eigenvalue weighted by molar-refractivity contribution is 5.88. The van der Waals surface area contributed by atoms with Crippen LogP contribution >= 0.6 is 0 Å². The number of hydrogen-bond acceptors (Lipinski definition) is 16. The SMILES string of the molecule is CC(C)(C)OC(=O)c1ccn[nH]1.Cc1ccc(CN2CCN(C(=O)n3ccc(C(=O)OC(C)(C)C)n3)CC2)cc1-c1nnco1.Cc1ccc(CN2CCNCC2)cc1-c1nnco1. The lowest BCUT2D eigenvalue weighted by Gasteiger charge is -2.34. The molecule has 64 heavy (non-hydrogen) atoms. The Morgan fingerprint density at radius 3 is 1.70 bits per heavy atom. The van der Waals surface area contributed by atoms with Crippen LogP contribution in [0, 0.1) is 13.8 Å². The predicted molar refractivity (Wildman–Crippen MR) is 236 cm³/mol. The van der Waals surface area contributed by atoms with Crippen LogP contribution in [-0.4, -0.2) is 137 Å². The number of carbonyl (C=O) groups excluding carboxylic acids is 3. The van der Waals surface area contributed by atoms with Crippen molar-refractivity contribution in [3.63, 3.8) is 0 Å². The topological polar surface area (TPSA) is 216 Å². The summed E-state index contributed by atoms with van der Waals surface area (Å²) in [5.41, 5.74) is 6.05. The van der Waals surface area contributed by atoms with Crippen LogP contribution in [0.25, 0.3) is 22.9 Å². The highest BCUT2D eigenvalue weighted by atomic mass is 16.6. The summed E-state index contributed by atoms with van der Waals surface area (Å²) in [6.07, 6.45) is 5.71. The van der Waals surface area contributed by atoms with Crippen LogP contribution in [0.5, 0.6) is 0 Å². The number of aryl methyl sites for hydroxylation is 2. The minimum atomic E-state index is -0.620. The molecule has 2 aliphatic heterocycles. The highest BCUT2D eigenvalue weighted by Gasteiger charge is 2.26. The molecule has 2 saturated heterocycles. The van der Waals surface area contributed by atoms with Crippen LogP contribution in [0.1, 0.15) is 84.8 Å². The smallest absolute Gasteiger partial charge is 0.359 e. The Labute approximate surface area is 372 Å². The maximum absolute atomic E-state index is 12.8. The molecule has 0 radical (unpaired) electrons. The van der Waals surface area contributed by atoms with Crippen molar-refractivity contribution in [2.75, 3.05) is 52.4 Å². The second-order valence-electron chi connectivity index (χ2n) is 17.5. The molecule has 340 valence electrons. The number of aromatic amines is 1. The van der Waals surface area contributed by atoms with Gasteiger partial charge in [0.1, 0.15) is 16.9 Å². The normalized spacial score (nSPS) is 14.8. The van der Waals surface area contributed by atoms with Crippen molar-refractivity contribution in [3.05, 3.63) is 107 Å². The number of amides is 1. The lowest BCUT2D eigenvalue weighted by atomic mass is 10.0. The number of H-pyrrole nitrogens is 1. The number of esters is 2. The fourth-order valence-corrected chi connectivity index (χ4v) is 6.78. The number of nitrogens with one attached hydrogen (secondary N) is 2. The highest BCUT2D eigenvalue weighted by Crippen LogP contribution is 2.25. The molecule has 4 aromatic heterocycles. The van der Waals surface area contributed by atoms with Crippen LogP contribution in [0.2, 0.25) is 0 Å². The molecule has 0 aliphatic carbocycles. The third-order valence-corrected chi connectivity index (χ3v) is 9.96. The molecule has 19 heteroatoms. The maximum Gasteiger partial charge on any atom is 0.359 e. The summed E-state index contributed by atoms with van der Waals surface area (Å²) in [5.74, 6) is 0.186. The summed E-state index contributed by atoms with van der Waals surface area (Å²) in [5, 5.41) is 29.2. The molecule has 2 aromatic carbocycles. The molecular formula is C45H58N12O7. The van der Waals surface area contributed by atoms with Crippen LogP contribution in [-0.2, 0) is 22.6 Å². The Morgan fingerprint density at radius 2 is 1.22 bits per heavy atom. The zero-order valence-corrected chi connectivity index (χ0v) is 37.8. The van der Waals surface area contributed by atoms with Crippen molar-refractivity contribution in [1.82, 2.24) is 60.4 Å². The molecule has 6 heterocycles. The van der Waals surface area contributed by atoms with Crippen molar-refractivity contribution in [1.29, 1.82) is 0 Å². The van der Waals surface area contributed by atoms with Gasteiger partial charge in [-0.15, -0.1) is 20.4 Å². The van der Waals surface area contributed by atoms with E-state index in [1.165, 1.54) is 41.5 Å². The van der Waals surface area contributed by atoms with Gasteiger partial charge in [0.15, 0.2) is 5.69 Å². The van der Waals surface area contributed by atoms with E-state index in [1.807, 2.05) is 27.7 Å². The van der Waals surface area contributed by atoms with Crippen LogP contribution in [0.15, 0.2) is 82.5 Å². The second-order valence-corrected chi connectivity index (χ2v) is 17.5. The summed E-state index contributed by atoms with van der Waals surface area (Å²) < 4.78 is 22.2. The van der Waals surface area contributed by atoms with E-state index < -0.39 is 17.2 Å². The minimum Gasteiger partial charge on any atom is -0.455 e. The fraction of sp³-hybridized carbons (Fsp3) is 0.444. The first-order valence-electron chi connectivity index (χ1n) is 21.2. The summed E-state index contributed by atoms with van der Waals surface area (Å²) in [6.45, 7) is 23.6. The molecule has 0 saturated carbocycles. The Morgan fingerprint density at radius 1 is 0.688 bits per heavy atom. The van der Waals surface area contributed by atoms with Gasteiger partial charge in [-0.05, 0) is 102 Å². The lowest BCUT2D eigenvalue weighted by molar-refractivity contribution is 0.00501. The van der Waals surface area contributed by atoms with Crippen LogP contribution in [0.4, 0.5) is 4.79 Å². The van der Waals surface area contributed by atoms with Crippen molar-refractivity contribution in [2.24, 2.45) is 0 Å². The molecule has 0 spiro atoms. The minimum absolute atomic E-state index is 0.119. The number of ether oxygens (including phenoxy) is 2. The quantitative estimate of drug-likeness (QED) is 0.173. The number of hydrogen-bond donors (Lipinski definition) is 2. The number of benzene rings is 2. The summed E-state index contributed by atoms with van der Waals surface area (Å²) in [7, 11) is 0. The molecule has 1 amide bonds. The number of aromatic nitrogens is 8. The van der Waals surface area contributed by atoms with Gasteiger partial charge in [-0.25, -0.2) is 14.4 Å². The molecule has 0 unspecified atom stereocenters. The van der Waals surface area contributed by atoms with E-state index in [0.717, 1.165) is 80.2 Å². The largest absolute Gasteiger partial charge is 0.455 e. The molecule has 0 bridgehead atoms. The second kappa shape index (κ2) is 21.2. The number of rotatable bonds is 8. The fourth-order valence-electron chi connectivity index (χ4n) is 6.78. The summed E-state index contributed by atoms with van der Waals surface area (Å²) >= 11 is 0. The van der Waals surface area contributed by atoms with E-state index in [-0.39, 0.29) is 17.7 Å². The molecule has 6 aromatic rings. The Hall–Kier alpha value is -6.57. The molecule has 8 rings (SSSR count). The van der Waals surface area contributed by atoms with E-state index in [2.05, 4.69) is 94.1 Å². The van der Waals surface area contributed by atoms with Gasteiger partial charge in [-0.3, -0.25) is 14.9 Å². The average molecular weight is 879 g/mol. The van der Waals surface area contributed by atoms with Crippen molar-refractivity contribution < 1.29 is 32.7 Å². The molecular weight excluding hydrogens is 821 g/mol. The Bertz CT molecular complexity index is 2400. The van der Waals surface area contributed by atoms with Gasteiger partial charge < -0.3 is 28.5 Å². The molecule has 2 N–H and O–H groups in total. The van der Waals surface area contributed by atoms with Crippen LogP contribution < -0.4 is 5.32 Å². The van der Waals surface area contributed by atoms with Crippen molar-refractivity contribution in [2.45, 2.75) is 79.7 Å². The first-order valence-corrected chi connectivity index (χ1v) is 21.2. The van der Waals surface area contributed by atoms with Gasteiger partial charge in [0.05, 0.1) is 0 Å². The van der Waals surface area contributed by atoms with Crippen molar-refractivity contribution >= 4 is 18.0 Å². The van der Waals surface area contributed by atoms with Gasteiger partial charge in [0.2, 0.25) is 24.6 Å². The van der Waals surface area contributed by atoms with Gasteiger partial charge >= 0.3 is 18.0 Å². The van der Waals surface area contributed by atoms with E-state index in [0.29, 0.717) is 30.6 Å². The third kappa shape index (κ3) is 13.7. The van der Waals surface area contributed by atoms with Gasteiger partial charge in [-0.1, -0.05) is 24.3 Å².